The maximum absolute atomic E-state index is 12.3. The Morgan fingerprint density at radius 3 is 2.52 bits per heavy atom. The number of carbonyl (C=O) groups is 1. The summed E-state index contributed by atoms with van der Waals surface area (Å²) in [5.41, 5.74) is 1.03. The summed E-state index contributed by atoms with van der Waals surface area (Å²) in [6, 6.07) is 9.42. The zero-order valence-electron chi connectivity index (χ0n) is 12.3. The third-order valence-electron chi connectivity index (χ3n) is 3.50. The fourth-order valence-corrected chi connectivity index (χ4v) is 2.40. The normalized spacial score (nSPS) is 15.4. The summed E-state index contributed by atoms with van der Waals surface area (Å²) in [4.78, 5) is 14.1. The van der Waals surface area contributed by atoms with Crippen molar-refractivity contribution in [2.24, 2.45) is 0 Å². The zero-order valence-corrected chi connectivity index (χ0v) is 12.3. The van der Waals surface area contributed by atoms with E-state index in [2.05, 4.69) is 0 Å². The molecule has 1 heterocycles. The molecular weight excluding hydrogens is 264 g/mol. The van der Waals surface area contributed by atoms with Gasteiger partial charge in [0, 0.05) is 13.1 Å². The first-order chi connectivity index (χ1) is 10.2. The Morgan fingerprint density at radius 1 is 1.29 bits per heavy atom. The van der Waals surface area contributed by atoms with Crippen molar-refractivity contribution < 1.29 is 9.53 Å². The highest BCUT2D eigenvalue weighted by Crippen LogP contribution is 2.17. The van der Waals surface area contributed by atoms with E-state index in [9.17, 15) is 10.1 Å². The minimum Gasteiger partial charge on any atom is -0.494 e. The Morgan fingerprint density at radius 2 is 1.95 bits per heavy atom. The summed E-state index contributed by atoms with van der Waals surface area (Å²) < 4.78 is 5.37. The lowest BCUT2D eigenvalue weighted by Gasteiger charge is -2.26. The van der Waals surface area contributed by atoms with Crippen LogP contribution >= 0.6 is 0 Å². The van der Waals surface area contributed by atoms with E-state index in [1.807, 2.05) is 37.3 Å². The van der Waals surface area contributed by atoms with Gasteiger partial charge in [0.1, 0.15) is 17.4 Å². The van der Waals surface area contributed by atoms with Crippen molar-refractivity contribution in [1.29, 1.82) is 5.26 Å². The molecule has 21 heavy (non-hydrogen) atoms. The van der Waals surface area contributed by atoms with Gasteiger partial charge >= 0.3 is 0 Å². The highest BCUT2D eigenvalue weighted by molar-refractivity contribution is 6.01. The number of benzene rings is 1. The highest BCUT2D eigenvalue weighted by atomic mass is 16.5. The molecule has 0 radical (unpaired) electrons. The Hall–Kier alpha value is -2.28. The van der Waals surface area contributed by atoms with Gasteiger partial charge in [-0.2, -0.15) is 5.26 Å². The first kappa shape index (κ1) is 15.1. The SMILES string of the molecule is CCOc1ccc(/C=C(\C#N)C(=O)N2CCCCC2)cc1. The fourth-order valence-electron chi connectivity index (χ4n) is 2.40. The lowest BCUT2D eigenvalue weighted by atomic mass is 10.1. The molecule has 1 aromatic carbocycles. The first-order valence-electron chi connectivity index (χ1n) is 7.38. The van der Waals surface area contributed by atoms with Crippen molar-refractivity contribution >= 4 is 12.0 Å². The van der Waals surface area contributed by atoms with E-state index in [-0.39, 0.29) is 11.5 Å². The second-order valence-corrected chi connectivity index (χ2v) is 5.02. The monoisotopic (exact) mass is 284 g/mol. The van der Waals surface area contributed by atoms with Gasteiger partial charge < -0.3 is 9.64 Å². The van der Waals surface area contributed by atoms with E-state index >= 15 is 0 Å². The van der Waals surface area contributed by atoms with Crippen LogP contribution in [0, 0.1) is 11.3 Å². The first-order valence-corrected chi connectivity index (χ1v) is 7.38. The van der Waals surface area contributed by atoms with Gasteiger partial charge in [0.15, 0.2) is 0 Å². The van der Waals surface area contributed by atoms with Crippen molar-refractivity contribution in [3.05, 3.63) is 35.4 Å². The van der Waals surface area contributed by atoms with Crippen molar-refractivity contribution in [3.63, 3.8) is 0 Å². The molecule has 0 spiro atoms. The summed E-state index contributed by atoms with van der Waals surface area (Å²) >= 11 is 0. The van der Waals surface area contributed by atoms with E-state index in [4.69, 9.17) is 4.74 Å². The predicted molar refractivity (Wildman–Crippen MR) is 81.6 cm³/mol. The third-order valence-corrected chi connectivity index (χ3v) is 3.50. The molecule has 110 valence electrons. The molecule has 1 saturated heterocycles. The second kappa shape index (κ2) is 7.49. The van der Waals surface area contributed by atoms with Crippen LogP contribution in [0.2, 0.25) is 0 Å². The molecule has 0 atom stereocenters. The van der Waals surface area contributed by atoms with Crippen molar-refractivity contribution in [1.82, 2.24) is 4.90 Å². The van der Waals surface area contributed by atoms with Gasteiger partial charge in [0.25, 0.3) is 5.91 Å². The molecule has 1 amide bonds. The van der Waals surface area contributed by atoms with E-state index in [1.165, 1.54) is 0 Å². The van der Waals surface area contributed by atoms with Crippen molar-refractivity contribution in [2.45, 2.75) is 26.2 Å². The van der Waals surface area contributed by atoms with E-state index in [0.717, 1.165) is 43.7 Å². The molecule has 0 unspecified atom stereocenters. The number of ether oxygens (including phenoxy) is 1. The molecule has 0 aromatic heterocycles. The van der Waals surface area contributed by atoms with E-state index < -0.39 is 0 Å². The largest absolute Gasteiger partial charge is 0.494 e. The lowest BCUT2D eigenvalue weighted by Crippen LogP contribution is -2.36. The van der Waals surface area contributed by atoms with Crippen LogP contribution < -0.4 is 4.74 Å². The summed E-state index contributed by atoms with van der Waals surface area (Å²) in [7, 11) is 0. The number of nitrogens with zero attached hydrogens (tertiary/aromatic N) is 2. The van der Waals surface area contributed by atoms with Gasteiger partial charge in [-0.15, -0.1) is 0 Å². The number of hydrogen-bond acceptors (Lipinski definition) is 3. The molecule has 0 N–H and O–H groups in total. The Balaban J connectivity index is 2.12. The van der Waals surface area contributed by atoms with Crippen LogP contribution in [-0.4, -0.2) is 30.5 Å². The van der Waals surface area contributed by atoms with Crippen LogP contribution in [0.1, 0.15) is 31.7 Å². The summed E-state index contributed by atoms with van der Waals surface area (Å²) in [5.74, 6) is 0.626. The fraction of sp³-hybridized carbons (Fsp3) is 0.412. The predicted octanol–water partition coefficient (Wildman–Crippen LogP) is 3.00. The van der Waals surface area contributed by atoms with Crippen LogP contribution in [0.5, 0.6) is 5.75 Å². The van der Waals surface area contributed by atoms with Gasteiger partial charge in [0.2, 0.25) is 0 Å². The average Bonchev–Trinajstić information content (AvgIpc) is 2.54. The molecule has 0 bridgehead atoms. The summed E-state index contributed by atoms with van der Waals surface area (Å²) in [6.45, 7) is 4.05. The van der Waals surface area contributed by atoms with Crippen LogP contribution in [-0.2, 0) is 4.79 Å². The summed E-state index contributed by atoms with van der Waals surface area (Å²) in [6.07, 6.45) is 4.85. The molecule has 0 aliphatic carbocycles. The van der Waals surface area contributed by atoms with Gasteiger partial charge in [-0.05, 0) is 50.0 Å². The molecule has 1 aromatic rings. The van der Waals surface area contributed by atoms with Gasteiger partial charge in [-0.3, -0.25) is 4.79 Å². The topological polar surface area (TPSA) is 53.3 Å². The van der Waals surface area contributed by atoms with Gasteiger partial charge in [0.05, 0.1) is 6.61 Å². The number of carbonyl (C=O) groups excluding carboxylic acids is 1. The molecule has 4 heteroatoms. The standard InChI is InChI=1S/C17H20N2O2/c1-2-21-16-8-6-14(7-9-16)12-15(13-18)17(20)19-10-4-3-5-11-19/h6-9,12H,2-5,10-11H2,1H3/b15-12+. The number of rotatable bonds is 4. The third kappa shape index (κ3) is 4.09. The van der Waals surface area contributed by atoms with Crippen LogP contribution in [0.4, 0.5) is 0 Å². The quantitative estimate of drug-likeness (QED) is 0.631. The molecule has 0 saturated carbocycles. The van der Waals surface area contributed by atoms with E-state index in [1.54, 1.807) is 11.0 Å². The number of amides is 1. The maximum Gasteiger partial charge on any atom is 0.264 e. The number of likely N-dealkylation sites (tertiary alicyclic amines) is 1. The van der Waals surface area contributed by atoms with Crippen molar-refractivity contribution in [3.8, 4) is 11.8 Å². The minimum atomic E-state index is -0.161. The van der Waals surface area contributed by atoms with Gasteiger partial charge in [-0.1, -0.05) is 12.1 Å². The number of piperidine rings is 1. The number of hydrogen-bond donors (Lipinski definition) is 0. The second-order valence-electron chi connectivity index (χ2n) is 5.02. The smallest absolute Gasteiger partial charge is 0.264 e. The average molecular weight is 284 g/mol. The Bertz CT molecular complexity index is 549. The van der Waals surface area contributed by atoms with Crippen LogP contribution in [0.3, 0.4) is 0 Å². The Kier molecular flexibility index (Phi) is 5.39. The molecule has 2 rings (SSSR count). The molecule has 1 fully saturated rings. The maximum atomic E-state index is 12.3. The minimum absolute atomic E-state index is 0.161. The summed E-state index contributed by atoms with van der Waals surface area (Å²) in [5, 5.41) is 9.24. The zero-order chi connectivity index (χ0) is 15.1. The molecule has 4 nitrogen and oxygen atoms in total. The Labute approximate surface area is 125 Å². The van der Waals surface area contributed by atoms with Gasteiger partial charge in [-0.25, -0.2) is 0 Å². The molecule has 1 aliphatic heterocycles. The van der Waals surface area contributed by atoms with E-state index in [0.29, 0.717) is 6.61 Å². The van der Waals surface area contributed by atoms with Crippen LogP contribution in [0.25, 0.3) is 6.08 Å². The molecule has 1 aliphatic rings. The lowest BCUT2D eigenvalue weighted by molar-refractivity contribution is -0.127. The highest BCUT2D eigenvalue weighted by Gasteiger charge is 2.20. The van der Waals surface area contributed by atoms with Crippen LogP contribution in [0.15, 0.2) is 29.8 Å². The molecular formula is C17H20N2O2. The number of nitriles is 1. The van der Waals surface area contributed by atoms with Crippen molar-refractivity contribution in [2.75, 3.05) is 19.7 Å².